The van der Waals surface area contributed by atoms with Crippen LogP contribution in [0.2, 0.25) is 0 Å². The van der Waals surface area contributed by atoms with E-state index in [2.05, 4.69) is 42.5 Å². The number of rotatable bonds is 2. The van der Waals surface area contributed by atoms with E-state index in [4.69, 9.17) is 0 Å². The van der Waals surface area contributed by atoms with Gasteiger partial charge in [0, 0.05) is 18.3 Å². The second kappa shape index (κ2) is 4.06. The van der Waals surface area contributed by atoms with Crippen LogP contribution in [0.4, 0.5) is 0 Å². The normalized spacial score (nSPS) is 22.7. The predicted octanol–water partition coefficient (Wildman–Crippen LogP) is 3.80. The van der Waals surface area contributed by atoms with Crippen molar-refractivity contribution in [2.75, 3.05) is 0 Å². The first kappa shape index (κ1) is 11.0. The minimum atomic E-state index is 0.507. The zero-order valence-electron chi connectivity index (χ0n) is 10.8. The van der Waals surface area contributed by atoms with Gasteiger partial charge in [0.25, 0.3) is 0 Å². The van der Waals surface area contributed by atoms with Gasteiger partial charge in [-0.25, -0.2) is 0 Å². The Hall–Kier alpha value is -1.89. The van der Waals surface area contributed by atoms with Crippen LogP contribution in [0.5, 0.6) is 0 Å². The molecule has 2 bridgehead atoms. The molecule has 0 aromatic heterocycles. The molecule has 3 aliphatic carbocycles. The number of benzene rings is 2. The first-order valence-electron chi connectivity index (χ1n) is 7.04. The molecule has 1 heteroatoms. The Balaban J connectivity index is 1.97. The van der Waals surface area contributed by atoms with Gasteiger partial charge in [-0.3, -0.25) is 0 Å². The lowest BCUT2D eigenvalue weighted by Gasteiger charge is -2.41. The highest BCUT2D eigenvalue weighted by atomic mass is 16.1. The molecule has 0 saturated heterocycles. The van der Waals surface area contributed by atoms with Crippen molar-refractivity contribution in [2.24, 2.45) is 0 Å². The van der Waals surface area contributed by atoms with Crippen molar-refractivity contribution in [2.45, 2.75) is 31.1 Å². The molecule has 2 atom stereocenters. The molecule has 0 spiro atoms. The Labute approximate surface area is 113 Å². The monoisotopic (exact) mass is 248 g/mol. The van der Waals surface area contributed by atoms with Crippen molar-refractivity contribution in [1.82, 2.24) is 0 Å². The van der Waals surface area contributed by atoms with Gasteiger partial charge in [0.15, 0.2) is 0 Å². The van der Waals surface area contributed by atoms with Crippen LogP contribution in [-0.4, -0.2) is 6.29 Å². The van der Waals surface area contributed by atoms with E-state index in [-0.39, 0.29) is 0 Å². The van der Waals surface area contributed by atoms with Crippen LogP contribution in [0.25, 0.3) is 0 Å². The molecule has 0 N–H and O–H groups in total. The third-order valence-corrected chi connectivity index (χ3v) is 4.75. The molecule has 0 heterocycles. The lowest BCUT2D eigenvalue weighted by Crippen LogP contribution is -2.26. The van der Waals surface area contributed by atoms with Gasteiger partial charge in [-0.15, -0.1) is 0 Å². The van der Waals surface area contributed by atoms with E-state index < -0.39 is 0 Å². The number of carbonyl (C=O) groups is 1. The molecule has 3 aliphatic rings. The Morgan fingerprint density at radius 2 is 1.58 bits per heavy atom. The molecule has 1 nitrogen and oxygen atoms in total. The largest absolute Gasteiger partial charge is 0.303 e. The van der Waals surface area contributed by atoms with Crippen LogP contribution in [0, 0.1) is 0 Å². The number of hydrogen-bond acceptors (Lipinski definition) is 1. The van der Waals surface area contributed by atoms with Crippen LogP contribution in [-0.2, 0) is 11.2 Å². The first-order valence-corrected chi connectivity index (χ1v) is 7.04. The van der Waals surface area contributed by atoms with Crippen molar-refractivity contribution in [3.63, 3.8) is 0 Å². The maximum atomic E-state index is 10.9. The fourth-order valence-corrected chi connectivity index (χ4v) is 4.04. The maximum absolute atomic E-state index is 10.9. The average Bonchev–Trinajstić information content (AvgIpc) is 2.48. The summed E-state index contributed by atoms with van der Waals surface area (Å²) in [6.07, 6.45) is 4.06. The number of fused-ring (bicyclic) bond motifs is 1. The third-order valence-electron chi connectivity index (χ3n) is 4.75. The number of aldehydes is 1. The summed E-state index contributed by atoms with van der Waals surface area (Å²) in [5, 5.41) is 0. The van der Waals surface area contributed by atoms with Crippen LogP contribution in [0.15, 0.2) is 42.5 Å². The van der Waals surface area contributed by atoms with E-state index in [9.17, 15) is 4.79 Å². The summed E-state index contributed by atoms with van der Waals surface area (Å²) >= 11 is 0. The molecule has 0 radical (unpaired) electrons. The minimum Gasteiger partial charge on any atom is -0.303 e. The van der Waals surface area contributed by atoms with Crippen molar-refractivity contribution >= 4 is 6.29 Å². The summed E-state index contributed by atoms with van der Waals surface area (Å²) in [7, 11) is 0. The quantitative estimate of drug-likeness (QED) is 0.739. The van der Waals surface area contributed by atoms with Crippen molar-refractivity contribution in [3.8, 4) is 0 Å². The van der Waals surface area contributed by atoms with Gasteiger partial charge >= 0.3 is 0 Å². The van der Waals surface area contributed by atoms with Gasteiger partial charge in [0.05, 0.1) is 0 Å². The highest BCUT2D eigenvalue weighted by molar-refractivity contribution is 5.62. The van der Waals surface area contributed by atoms with Crippen LogP contribution in [0.1, 0.15) is 52.5 Å². The highest BCUT2D eigenvalue weighted by Crippen LogP contribution is 2.53. The summed E-state index contributed by atoms with van der Waals surface area (Å²) in [5.74, 6) is 1.05. The van der Waals surface area contributed by atoms with Gasteiger partial charge in [0.2, 0.25) is 0 Å². The zero-order chi connectivity index (χ0) is 12.8. The fraction of sp³-hybridized carbons (Fsp3) is 0.278. The third kappa shape index (κ3) is 1.45. The van der Waals surface area contributed by atoms with Gasteiger partial charge in [-0.2, -0.15) is 0 Å². The SMILES string of the molecule is O=CCc1cccc2c1C1CCC2c2ccccc21. The van der Waals surface area contributed by atoms with E-state index >= 15 is 0 Å². The second-order valence-corrected chi connectivity index (χ2v) is 5.60. The molecule has 0 fully saturated rings. The molecule has 94 valence electrons. The summed E-state index contributed by atoms with van der Waals surface area (Å²) in [6.45, 7) is 0. The van der Waals surface area contributed by atoms with Crippen molar-refractivity contribution < 1.29 is 4.79 Å². The van der Waals surface area contributed by atoms with E-state index in [1.165, 1.54) is 40.7 Å². The summed E-state index contributed by atoms with van der Waals surface area (Å²) in [6, 6.07) is 15.3. The standard InChI is InChI=1S/C18H16O/c19-11-10-12-4-3-7-16-15-8-9-17(18(12)16)14-6-2-1-5-13(14)15/h1-7,11,15,17H,8-10H2. The molecule has 0 aliphatic heterocycles. The van der Waals surface area contributed by atoms with E-state index in [1.54, 1.807) is 0 Å². The maximum Gasteiger partial charge on any atom is 0.124 e. The molecule has 2 aromatic carbocycles. The summed E-state index contributed by atoms with van der Waals surface area (Å²) < 4.78 is 0. The van der Waals surface area contributed by atoms with Crippen LogP contribution >= 0.6 is 0 Å². The van der Waals surface area contributed by atoms with Gasteiger partial charge in [-0.1, -0.05) is 42.5 Å². The Morgan fingerprint density at radius 3 is 2.37 bits per heavy atom. The predicted molar refractivity (Wildman–Crippen MR) is 75.6 cm³/mol. The molecule has 0 saturated carbocycles. The molecular weight excluding hydrogens is 232 g/mol. The molecule has 19 heavy (non-hydrogen) atoms. The average molecular weight is 248 g/mol. The fourth-order valence-electron chi connectivity index (χ4n) is 4.04. The van der Waals surface area contributed by atoms with Crippen LogP contribution in [0.3, 0.4) is 0 Å². The van der Waals surface area contributed by atoms with E-state index in [0.29, 0.717) is 18.3 Å². The van der Waals surface area contributed by atoms with Crippen molar-refractivity contribution in [1.29, 1.82) is 0 Å². The Morgan fingerprint density at radius 1 is 0.895 bits per heavy atom. The molecular formula is C18H16O. The Kier molecular flexibility index (Phi) is 2.34. The topological polar surface area (TPSA) is 17.1 Å². The highest BCUT2D eigenvalue weighted by Gasteiger charge is 2.37. The molecule has 2 aromatic rings. The number of hydrogen-bond donors (Lipinski definition) is 0. The Bertz CT molecular complexity index is 656. The number of carbonyl (C=O) groups excluding carboxylic acids is 1. The first-order chi connectivity index (χ1) is 9.40. The lowest BCUT2D eigenvalue weighted by molar-refractivity contribution is -0.107. The smallest absolute Gasteiger partial charge is 0.124 e. The van der Waals surface area contributed by atoms with Crippen LogP contribution < -0.4 is 0 Å². The van der Waals surface area contributed by atoms with E-state index in [0.717, 1.165) is 6.29 Å². The van der Waals surface area contributed by atoms with Gasteiger partial charge in [0.1, 0.15) is 6.29 Å². The summed E-state index contributed by atoms with van der Waals surface area (Å²) in [4.78, 5) is 10.9. The van der Waals surface area contributed by atoms with Crippen molar-refractivity contribution in [3.05, 3.63) is 70.3 Å². The van der Waals surface area contributed by atoms with Gasteiger partial charge < -0.3 is 4.79 Å². The lowest BCUT2D eigenvalue weighted by atomic mass is 9.63. The summed E-state index contributed by atoms with van der Waals surface area (Å²) in [5.41, 5.74) is 7.15. The zero-order valence-corrected chi connectivity index (χ0v) is 10.8. The second-order valence-electron chi connectivity index (χ2n) is 5.60. The molecule has 0 amide bonds. The minimum absolute atomic E-state index is 0.507. The van der Waals surface area contributed by atoms with Gasteiger partial charge in [-0.05, 0) is 40.7 Å². The molecule has 2 unspecified atom stereocenters. The van der Waals surface area contributed by atoms with E-state index in [1.807, 2.05) is 0 Å². The molecule has 5 rings (SSSR count).